The summed E-state index contributed by atoms with van der Waals surface area (Å²) in [5.41, 5.74) is 0.161. The molecule has 1 aromatic carbocycles. The predicted octanol–water partition coefficient (Wildman–Crippen LogP) is 1.02. The number of likely N-dealkylation sites (tertiary alicyclic amines) is 2. The third-order valence-corrected chi connectivity index (χ3v) is 5.19. The molecule has 0 aromatic heterocycles. The van der Waals surface area contributed by atoms with Crippen LogP contribution < -0.4 is 9.47 Å². The highest BCUT2D eigenvalue weighted by atomic mass is 16.7. The first-order valence-electron chi connectivity index (χ1n) is 8.72. The van der Waals surface area contributed by atoms with Crippen molar-refractivity contribution in [1.82, 2.24) is 9.80 Å². The highest BCUT2D eigenvalue weighted by molar-refractivity contribution is 5.79. The van der Waals surface area contributed by atoms with Crippen LogP contribution >= 0.6 is 0 Å². The molecule has 2 saturated heterocycles. The number of β-amino-alcohol motifs (C(OH)–C–C–N with tert-alkyl or cyclic N) is 1. The van der Waals surface area contributed by atoms with Gasteiger partial charge in [0.2, 0.25) is 12.7 Å². The van der Waals surface area contributed by atoms with Crippen molar-refractivity contribution in [2.75, 3.05) is 39.5 Å². The van der Waals surface area contributed by atoms with Crippen molar-refractivity contribution in [3.63, 3.8) is 0 Å². The fraction of sp³-hybridized carbons (Fsp3) is 0.611. The molecule has 1 atom stereocenters. The first kappa shape index (κ1) is 15.7. The van der Waals surface area contributed by atoms with Crippen LogP contribution in [0, 0.1) is 0 Å². The molecule has 3 heterocycles. The van der Waals surface area contributed by atoms with Gasteiger partial charge in [-0.3, -0.25) is 4.79 Å². The van der Waals surface area contributed by atoms with Gasteiger partial charge >= 0.3 is 0 Å². The number of benzene rings is 1. The Bertz CT molecular complexity index is 629. The number of rotatable bonds is 4. The Labute approximate surface area is 141 Å². The summed E-state index contributed by atoms with van der Waals surface area (Å²) in [7, 11) is 0. The Kier molecular flexibility index (Phi) is 4.10. The highest BCUT2D eigenvalue weighted by Gasteiger charge is 2.39. The maximum Gasteiger partial charge on any atom is 0.231 e. The normalized spacial score (nSPS) is 26.3. The number of aliphatic hydroxyl groups is 1. The fourth-order valence-electron chi connectivity index (χ4n) is 3.89. The molecule has 1 amide bonds. The van der Waals surface area contributed by atoms with E-state index in [-0.39, 0.29) is 12.7 Å². The van der Waals surface area contributed by atoms with Gasteiger partial charge in [0, 0.05) is 13.1 Å². The summed E-state index contributed by atoms with van der Waals surface area (Å²) in [4.78, 5) is 16.7. The molecule has 24 heavy (non-hydrogen) atoms. The molecule has 4 rings (SSSR count). The average Bonchev–Trinajstić information content (AvgIpc) is 3.28. The van der Waals surface area contributed by atoms with Crippen molar-refractivity contribution in [2.24, 2.45) is 0 Å². The monoisotopic (exact) mass is 332 g/mol. The summed E-state index contributed by atoms with van der Waals surface area (Å²) in [6.07, 6.45) is 3.42. The zero-order chi connectivity index (χ0) is 16.6. The summed E-state index contributed by atoms with van der Waals surface area (Å²) in [5, 5.41) is 10.8. The summed E-state index contributed by atoms with van der Waals surface area (Å²) < 4.78 is 10.7. The first-order valence-corrected chi connectivity index (χ1v) is 8.72. The Morgan fingerprint density at radius 3 is 2.79 bits per heavy atom. The Morgan fingerprint density at radius 1 is 1.17 bits per heavy atom. The number of hydrogen-bond donors (Lipinski definition) is 1. The van der Waals surface area contributed by atoms with E-state index in [1.54, 1.807) is 4.90 Å². The van der Waals surface area contributed by atoms with E-state index in [9.17, 15) is 9.90 Å². The summed E-state index contributed by atoms with van der Waals surface area (Å²) in [6, 6.07) is 5.61. The predicted molar refractivity (Wildman–Crippen MR) is 88.1 cm³/mol. The lowest BCUT2D eigenvalue weighted by atomic mass is 10.0. The molecule has 3 aliphatic rings. The van der Waals surface area contributed by atoms with E-state index in [0.717, 1.165) is 24.4 Å². The minimum absolute atomic E-state index is 0.0613. The molecule has 0 saturated carbocycles. The molecule has 2 fully saturated rings. The number of ether oxygens (including phenoxy) is 2. The largest absolute Gasteiger partial charge is 0.454 e. The van der Waals surface area contributed by atoms with Crippen molar-refractivity contribution in [2.45, 2.75) is 31.3 Å². The standard InChI is InChI=1S/C18H24N2O4/c21-17(10-14-3-4-15-16(9-14)24-13-23-15)20-8-5-18(22,12-20)11-19-6-1-2-7-19/h3-4,9,22H,1-2,5-8,10-13H2/t18-/m1/s1. The van der Waals surface area contributed by atoms with Crippen molar-refractivity contribution in [1.29, 1.82) is 0 Å². The van der Waals surface area contributed by atoms with Crippen LogP contribution in [0.15, 0.2) is 18.2 Å². The van der Waals surface area contributed by atoms with Crippen LogP contribution in [0.5, 0.6) is 11.5 Å². The van der Waals surface area contributed by atoms with Gasteiger partial charge in [-0.25, -0.2) is 0 Å². The van der Waals surface area contributed by atoms with Crippen molar-refractivity contribution >= 4 is 5.91 Å². The number of carbonyl (C=O) groups excluding carboxylic acids is 1. The van der Waals surface area contributed by atoms with Crippen LogP contribution in [0.3, 0.4) is 0 Å². The van der Waals surface area contributed by atoms with Gasteiger partial charge in [-0.15, -0.1) is 0 Å². The number of nitrogens with zero attached hydrogens (tertiary/aromatic N) is 2. The second kappa shape index (κ2) is 6.26. The SMILES string of the molecule is O=C(Cc1ccc2c(c1)OCO2)N1CC[C@@](O)(CN2CCCC2)C1. The van der Waals surface area contributed by atoms with Crippen LogP contribution in [-0.4, -0.2) is 65.9 Å². The molecule has 0 aliphatic carbocycles. The van der Waals surface area contributed by atoms with Crippen LogP contribution in [0.25, 0.3) is 0 Å². The lowest BCUT2D eigenvalue weighted by Crippen LogP contribution is -2.45. The van der Waals surface area contributed by atoms with Crippen molar-refractivity contribution in [3.05, 3.63) is 23.8 Å². The van der Waals surface area contributed by atoms with Crippen LogP contribution in [0.2, 0.25) is 0 Å². The summed E-state index contributed by atoms with van der Waals surface area (Å²) in [5.74, 6) is 1.49. The van der Waals surface area contributed by atoms with E-state index in [1.807, 2.05) is 18.2 Å². The molecule has 130 valence electrons. The third-order valence-electron chi connectivity index (χ3n) is 5.19. The Balaban J connectivity index is 1.35. The molecule has 0 unspecified atom stereocenters. The molecule has 0 bridgehead atoms. The Hall–Kier alpha value is -1.79. The smallest absolute Gasteiger partial charge is 0.231 e. The summed E-state index contributed by atoms with van der Waals surface area (Å²) >= 11 is 0. The third kappa shape index (κ3) is 3.21. The van der Waals surface area contributed by atoms with Gasteiger partial charge in [0.25, 0.3) is 0 Å². The molecule has 0 radical (unpaired) electrons. The van der Waals surface area contributed by atoms with Gasteiger partial charge in [0.1, 0.15) is 0 Å². The lowest BCUT2D eigenvalue weighted by molar-refractivity contribution is -0.130. The molecule has 1 aromatic rings. The zero-order valence-corrected chi connectivity index (χ0v) is 13.9. The molecule has 6 heteroatoms. The van der Waals surface area contributed by atoms with E-state index in [1.165, 1.54) is 12.8 Å². The second-order valence-corrected chi connectivity index (χ2v) is 7.14. The summed E-state index contributed by atoms with van der Waals surface area (Å²) in [6.45, 7) is 4.12. The average molecular weight is 332 g/mol. The molecule has 0 spiro atoms. The molecule has 3 aliphatic heterocycles. The number of carbonyl (C=O) groups is 1. The van der Waals surface area contributed by atoms with E-state index in [2.05, 4.69) is 4.90 Å². The number of hydrogen-bond acceptors (Lipinski definition) is 5. The van der Waals surface area contributed by atoms with Gasteiger partial charge < -0.3 is 24.4 Å². The molecular weight excluding hydrogens is 308 g/mol. The molecule has 6 nitrogen and oxygen atoms in total. The minimum Gasteiger partial charge on any atom is -0.454 e. The molecule has 1 N–H and O–H groups in total. The number of fused-ring (bicyclic) bond motifs is 1. The fourth-order valence-corrected chi connectivity index (χ4v) is 3.89. The van der Waals surface area contributed by atoms with E-state index >= 15 is 0 Å². The van der Waals surface area contributed by atoms with Gasteiger partial charge in [0.15, 0.2) is 11.5 Å². The van der Waals surface area contributed by atoms with Gasteiger partial charge in [0.05, 0.1) is 18.6 Å². The maximum absolute atomic E-state index is 12.6. The van der Waals surface area contributed by atoms with Crippen LogP contribution in [0.1, 0.15) is 24.8 Å². The van der Waals surface area contributed by atoms with Crippen molar-refractivity contribution < 1.29 is 19.4 Å². The number of amides is 1. The zero-order valence-electron chi connectivity index (χ0n) is 13.9. The van der Waals surface area contributed by atoms with E-state index < -0.39 is 5.60 Å². The highest BCUT2D eigenvalue weighted by Crippen LogP contribution is 2.33. The Morgan fingerprint density at radius 2 is 1.96 bits per heavy atom. The van der Waals surface area contributed by atoms with Gasteiger partial charge in [-0.2, -0.15) is 0 Å². The van der Waals surface area contributed by atoms with Crippen LogP contribution in [0.4, 0.5) is 0 Å². The van der Waals surface area contributed by atoms with Gasteiger partial charge in [-0.05, 0) is 50.0 Å². The lowest BCUT2D eigenvalue weighted by Gasteiger charge is -2.28. The topological polar surface area (TPSA) is 62.2 Å². The van der Waals surface area contributed by atoms with Crippen molar-refractivity contribution in [3.8, 4) is 11.5 Å². The maximum atomic E-state index is 12.6. The van der Waals surface area contributed by atoms with E-state index in [4.69, 9.17) is 9.47 Å². The quantitative estimate of drug-likeness (QED) is 0.892. The first-order chi connectivity index (χ1) is 11.6. The van der Waals surface area contributed by atoms with Gasteiger partial charge in [-0.1, -0.05) is 6.07 Å². The van der Waals surface area contributed by atoms with E-state index in [0.29, 0.717) is 38.2 Å². The second-order valence-electron chi connectivity index (χ2n) is 7.14. The minimum atomic E-state index is -0.755. The molecular formula is C18H24N2O4. The van der Waals surface area contributed by atoms with Crippen LogP contribution in [-0.2, 0) is 11.2 Å².